The highest BCUT2D eigenvalue weighted by atomic mass is 32.2. The molecule has 1 aliphatic heterocycles. The maximum Gasteiger partial charge on any atom is 0.264 e. The number of ether oxygens (including phenoxy) is 2. The number of nitrogens with one attached hydrogen (secondary N) is 1. The molecule has 0 radical (unpaired) electrons. The van der Waals surface area contributed by atoms with Crippen LogP contribution in [0.15, 0.2) is 52.4 Å². The molecule has 1 amide bonds. The second-order valence-electron chi connectivity index (χ2n) is 6.60. The van der Waals surface area contributed by atoms with E-state index in [1.54, 1.807) is 7.11 Å². The van der Waals surface area contributed by atoms with E-state index in [1.165, 1.54) is 30.2 Å². The average Bonchev–Trinajstić information content (AvgIpc) is 3.07. The molecule has 152 valence electrons. The van der Waals surface area contributed by atoms with Gasteiger partial charge in [-0.1, -0.05) is 31.5 Å². The van der Waals surface area contributed by atoms with Gasteiger partial charge < -0.3 is 14.8 Å². The van der Waals surface area contributed by atoms with Crippen molar-refractivity contribution >= 4 is 34.6 Å². The fourth-order valence-corrected chi connectivity index (χ4v) is 3.76. The van der Waals surface area contributed by atoms with Crippen molar-refractivity contribution < 1.29 is 14.3 Å². The summed E-state index contributed by atoms with van der Waals surface area (Å²) < 4.78 is 10.9. The van der Waals surface area contributed by atoms with E-state index in [9.17, 15) is 4.79 Å². The van der Waals surface area contributed by atoms with Crippen molar-refractivity contribution in [3.05, 3.63) is 58.5 Å². The number of rotatable bonds is 8. The van der Waals surface area contributed by atoms with E-state index < -0.39 is 0 Å². The molecule has 6 heteroatoms. The molecule has 0 aliphatic carbocycles. The van der Waals surface area contributed by atoms with Crippen LogP contribution in [0.2, 0.25) is 0 Å². The van der Waals surface area contributed by atoms with E-state index in [2.05, 4.69) is 29.4 Å². The van der Waals surface area contributed by atoms with Crippen LogP contribution in [0.4, 0.5) is 5.69 Å². The molecule has 3 rings (SSSR count). The van der Waals surface area contributed by atoms with Gasteiger partial charge in [0.15, 0.2) is 16.7 Å². The number of methoxy groups -OCH3 is 1. The van der Waals surface area contributed by atoms with Crippen LogP contribution in [0.3, 0.4) is 0 Å². The third-order valence-electron chi connectivity index (χ3n) is 4.42. The van der Waals surface area contributed by atoms with Crippen LogP contribution in [-0.4, -0.2) is 24.8 Å². The lowest BCUT2D eigenvalue weighted by molar-refractivity contribution is -0.115. The minimum absolute atomic E-state index is 0.152. The Morgan fingerprint density at radius 3 is 2.59 bits per heavy atom. The molecule has 1 N–H and O–H groups in total. The number of amides is 1. The van der Waals surface area contributed by atoms with Gasteiger partial charge in [0.2, 0.25) is 0 Å². The van der Waals surface area contributed by atoms with Crippen LogP contribution in [0.1, 0.15) is 37.8 Å². The number of nitrogens with zero attached hydrogens (tertiary/aromatic N) is 1. The summed E-state index contributed by atoms with van der Waals surface area (Å²) in [7, 11) is 1.60. The average molecular weight is 411 g/mol. The van der Waals surface area contributed by atoms with Crippen LogP contribution >= 0.6 is 11.8 Å². The monoisotopic (exact) mass is 410 g/mol. The Kier molecular flexibility index (Phi) is 7.36. The number of carbonyl (C=O) groups is 1. The molecule has 0 spiro atoms. The number of amidine groups is 1. The Bertz CT molecular complexity index is 920. The van der Waals surface area contributed by atoms with E-state index in [0.717, 1.165) is 17.7 Å². The van der Waals surface area contributed by atoms with Crippen molar-refractivity contribution in [1.29, 1.82) is 0 Å². The standard InChI is InChI=1S/C23H26N2O3S/c1-4-6-7-16-8-11-18(12-9-16)24-23-25-22(26)21(29-23)15-17-10-13-19(28-5-2)20(14-17)27-3/h8-15H,4-7H2,1-3H3,(H,24,25,26)/b21-15-. The normalized spacial score (nSPS) is 16.3. The summed E-state index contributed by atoms with van der Waals surface area (Å²) >= 11 is 1.33. The number of carbonyl (C=O) groups excluding carboxylic acids is 1. The Hall–Kier alpha value is -2.73. The lowest BCUT2D eigenvalue weighted by atomic mass is 10.1. The van der Waals surface area contributed by atoms with Gasteiger partial charge in [-0.3, -0.25) is 4.79 Å². The first-order valence-electron chi connectivity index (χ1n) is 9.82. The molecule has 0 bridgehead atoms. The minimum atomic E-state index is -0.152. The van der Waals surface area contributed by atoms with Crippen LogP contribution in [0.5, 0.6) is 11.5 Å². The van der Waals surface area contributed by atoms with Crippen LogP contribution in [0.25, 0.3) is 6.08 Å². The number of hydrogen-bond donors (Lipinski definition) is 1. The molecule has 2 aromatic rings. The maximum absolute atomic E-state index is 12.3. The molecule has 29 heavy (non-hydrogen) atoms. The third kappa shape index (κ3) is 5.64. The van der Waals surface area contributed by atoms with Crippen LogP contribution in [0, 0.1) is 0 Å². The molecule has 0 atom stereocenters. The van der Waals surface area contributed by atoms with Gasteiger partial charge in [-0.25, -0.2) is 4.99 Å². The number of unbranched alkanes of at least 4 members (excludes halogenated alkanes) is 1. The summed E-state index contributed by atoms with van der Waals surface area (Å²) in [6, 6.07) is 13.8. The number of benzene rings is 2. The van der Waals surface area contributed by atoms with Crippen molar-refractivity contribution in [2.24, 2.45) is 4.99 Å². The summed E-state index contributed by atoms with van der Waals surface area (Å²) in [5.74, 6) is 1.17. The van der Waals surface area contributed by atoms with E-state index in [1.807, 2.05) is 43.3 Å². The Labute approximate surface area is 176 Å². The van der Waals surface area contributed by atoms with Gasteiger partial charge in [0.05, 0.1) is 24.3 Å². The predicted molar refractivity (Wildman–Crippen MR) is 120 cm³/mol. The van der Waals surface area contributed by atoms with Gasteiger partial charge in [0, 0.05) is 0 Å². The Morgan fingerprint density at radius 2 is 1.90 bits per heavy atom. The van der Waals surface area contributed by atoms with Gasteiger partial charge in [-0.05, 0) is 73.0 Å². The molecule has 1 fully saturated rings. The van der Waals surface area contributed by atoms with Crippen molar-refractivity contribution in [3.63, 3.8) is 0 Å². The molecular weight excluding hydrogens is 384 g/mol. The molecule has 1 aliphatic rings. The van der Waals surface area contributed by atoms with Crippen molar-refractivity contribution in [2.45, 2.75) is 33.1 Å². The maximum atomic E-state index is 12.3. The molecular formula is C23H26N2O3S. The van der Waals surface area contributed by atoms with Crippen LogP contribution < -0.4 is 14.8 Å². The molecule has 0 aromatic heterocycles. The zero-order chi connectivity index (χ0) is 20.6. The highest BCUT2D eigenvalue weighted by molar-refractivity contribution is 8.18. The highest BCUT2D eigenvalue weighted by Crippen LogP contribution is 2.32. The first kappa shape index (κ1) is 21.0. The molecule has 5 nitrogen and oxygen atoms in total. The Morgan fingerprint density at radius 1 is 1.10 bits per heavy atom. The summed E-state index contributed by atoms with van der Waals surface area (Å²) in [5, 5.41) is 3.42. The van der Waals surface area contributed by atoms with E-state index >= 15 is 0 Å². The second kappa shape index (κ2) is 10.2. The second-order valence-corrected chi connectivity index (χ2v) is 7.63. The lowest BCUT2D eigenvalue weighted by Crippen LogP contribution is -2.19. The number of hydrogen-bond acceptors (Lipinski definition) is 5. The van der Waals surface area contributed by atoms with Crippen LogP contribution in [-0.2, 0) is 11.2 Å². The predicted octanol–water partition coefficient (Wildman–Crippen LogP) is 5.33. The SMILES string of the molecule is CCCCc1ccc(N=C2NC(=O)/C(=C/c3ccc(OCC)c(OC)c3)S2)cc1. The first-order valence-corrected chi connectivity index (χ1v) is 10.6. The minimum Gasteiger partial charge on any atom is -0.493 e. The van der Waals surface area contributed by atoms with Gasteiger partial charge in [0.1, 0.15) is 0 Å². The smallest absolute Gasteiger partial charge is 0.264 e. The topological polar surface area (TPSA) is 59.9 Å². The largest absolute Gasteiger partial charge is 0.493 e. The quantitative estimate of drug-likeness (QED) is 0.598. The molecule has 0 saturated carbocycles. The van der Waals surface area contributed by atoms with Gasteiger partial charge in [-0.2, -0.15) is 0 Å². The summed E-state index contributed by atoms with van der Waals surface area (Å²) in [6.07, 6.45) is 5.28. The van der Waals surface area contributed by atoms with Gasteiger partial charge in [0.25, 0.3) is 5.91 Å². The van der Waals surface area contributed by atoms with E-state index in [-0.39, 0.29) is 5.91 Å². The molecule has 1 heterocycles. The number of aryl methyl sites for hydroxylation is 1. The van der Waals surface area contributed by atoms with E-state index in [4.69, 9.17) is 9.47 Å². The fourth-order valence-electron chi connectivity index (χ4n) is 2.92. The van der Waals surface area contributed by atoms with Gasteiger partial charge >= 0.3 is 0 Å². The number of aliphatic imine (C=N–C) groups is 1. The molecule has 2 aromatic carbocycles. The zero-order valence-electron chi connectivity index (χ0n) is 17.0. The Balaban J connectivity index is 1.73. The lowest BCUT2D eigenvalue weighted by Gasteiger charge is -2.09. The summed E-state index contributed by atoms with van der Waals surface area (Å²) in [4.78, 5) is 17.5. The van der Waals surface area contributed by atoms with Crippen molar-refractivity contribution in [1.82, 2.24) is 5.32 Å². The van der Waals surface area contributed by atoms with E-state index in [0.29, 0.717) is 28.2 Å². The third-order valence-corrected chi connectivity index (χ3v) is 5.33. The van der Waals surface area contributed by atoms with Crippen molar-refractivity contribution in [3.8, 4) is 11.5 Å². The highest BCUT2D eigenvalue weighted by Gasteiger charge is 2.24. The summed E-state index contributed by atoms with van der Waals surface area (Å²) in [5.41, 5.74) is 3.01. The fraction of sp³-hybridized carbons (Fsp3) is 0.304. The van der Waals surface area contributed by atoms with Crippen molar-refractivity contribution in [2.75, 3.05) is 13.7 Å². The van der Waals surface area contributed by atoms with Gasteiger partial charge in [-0.15, -0.1) is 0 Å². The molecule has 0 unspecified atom stereocenters. The molecule has 1 saturated heterocycles. The number of thioether (sulfide) groups is 1. The summed E-state index contributed by atoms with van der Waals surface area (Å²) in [6.45, 7) is 4.68. The zero-order valence-corrected chi connectivity index (χ0v) is 17.8. The first-order chi connectivity index (χ1) is 14.1.